The van der Waals surface area contributed by atoms with Crippen LogP contribution in [0.15, 0.2) is 60.7 Å². The van der Waals surface area contributed by atoms with E-state index in [4.69, 9.17) is 4.43 Å². The summed E-state index contributed by atoms with van der Waals surface area (Å²) in [6.07, 6.45) is 2.46. The van der Waals surface area contributed by atoms with Gasteiger partial charge >= 0.3 is 5.97 Å². The van der Waals surface area contributed by atoms with Crippen LogP contribution >= 0.6 is 0 Å². The second-order valence-corrected chi connectivity index (χ2v) is 12.1. The van der Waals surface area contributed by atoms with Gasteiger partial charge in [0.15, 0.2) is 0 Å². The molecule has 2 aromatic carbocycles. The molecule has 0 aliphatic carbocycles. The summed E-state index contributed by atoms with van der Waals surface area (Å²) in [5.74, 6) is 4.85. The van der Waals surface area contributed by atoms with E-state index in [0.717, 1.165) is 12.8 Å². The maximum absolute atomic E-state index is 11.0. The van der Waals surface area contributed by atoms with E-state index in [9.17, 15) is 4.79 Å². The molecule has 0 aliphatic rings. The van der Waals surface area contributed by atoms with Crippen LogP contribution in [0.4, 0.5) is 0 Å². The van der Waals surface area contributed by atoms with Gasteiger partial charge < -0.3 is 9.16 Å². The van der Waals surface area contributed by atoms with Gasteiger partial charge in [-0.05, 0) is 28.3 Å². The highest BCUT2D eigenvalue weighted by Gasteiger charge is 2.49. The molecule has 0 aromatic heterocycles. The number of ether oxygens (including phenoxy) is 1. The van der Waals surface area contributed by atoms with Crippen LogP contribution in [-0.4, -0.2) is 28.0 Å². The number of methoxy groups -OCH3 is 1. The molecule has 0 unspecified atom stereocenters. The van der Waals surface area contributed by atoms with Crippen molar-refractivity contribution >= 4 is 24.7 Å². The van der Waals surface area contributed by atoms with Gasteiger partial charge in [-0.15, -0.1) is 0 Å². The maximum Gasteiger partial charge on any atom is 0.384 e. The Labute approximate surface area is 170 Å². The summed E-state index contributed by atoms with van der Waals surface area (Å²) >= 11 is 0. The fourth-order valence-electron chi connectivity index (χ4n) is 3.49. The van der Waals surface area contributed by atoms with Crippen molar-refractivity contribution < 1.29 is 14.0 Å². The monoisotopic (exact) mass is 394 g/mol. The number of carbonyl (C=O) groups excluding carboxylic acids is 1. The van der Waals surface area contributed by atoms with Gasteiger partial charge in [-0.3, -0.25) is 0 Å². The van der Waals surface area contributed by atoms with Crippen LogP contribution < -0.4 is 10.4 Å². The molecule has 4 heteroatoms. The van der Waals surface area contributed by atoms with Crippen molar-refractivity contribution in [2.75, 3.05) is 13.7 Å². The Morgan fingerprint density at radius 3 is 1.93 bits per heavy atom. The summed E-state index contributed by atoms with van der Waals surface area (Å²) in [4.78, 5) is 11.0. The number of unbranched alkanes of at least 4 members (excludes halogenated alkanes) is 2. The average molecular weight is 395 g/mol. The van der Waals surface area contributed by atoms with Gasteiger partial charge in [0, 0.05) is 18.9 Å². The Morgan fingerprint density at radius 2 is 1.46 bits per heavy atom. The van der Waals surface area contributed by atoms with Crippen LogP contribution in [0.3, 0.4) is 0 Å². The van der Waals surface area contributed by atoms with E-state index in [2.05, 4.69) is 98.0 Å². The molecule has 0 spiro atoms. The summed E-state index contributed by atoms with van der Waals surface area (Å²) < 4.78 is 11.3. The lowest BCUT2D eigenvalue weighted by Gasteiger charge is -2.43. The Kier molecular flexibility index (Phi) is 8.04. The van der Waals surface area contributed by atoms with Crippen molar-refractivity contribution in [2.45, 2.75) is 45.1 Å². The third kappa shape index (κ3) is 5.34. The number of benzene rings is 2. The van der Waals surface area contributed by atoms with Gasteiger partial charge in [0.2, 0.25) is 0 Å². The molecule has 0 radical (unpaired) electrons. The zero-order chi connectivity index (χ0) is 20.5. The summed E-state index contributed by atoms with van der Waals surface area (Å²) in [6.45, 7) is 7.51. The minimum atomic E-state index is -2.45. The Morgan fingerprint density at radius 1 is 0.929 bits per heavy atom. The quantitative estimate of drug-likeness (QED) is 0.235. The standard InChI is InChI=1S/C24H30O3Si/c1-24(2,3)28(21-15-9-7-10-16-21,22-17-11-8-12-18-22)27-20-14-6-5-13-19-23(25)26-4/h7-12,15-18H,5-6,14,20H2,1-4H3. The van der Waals surface area contributed by atoms with Crippen molar-refractivity contribution in [3.05, 3.63) is 60.7 Å². The fraction of sp³-hybridized carbons (Fsp3) is 0.375. The zero-order valence-electron chi connectivity index (χ0n) is 17.3. The number of esters is 1. The molecular weight excluding hydrogens is 364 g/mol. The van der Waals surface area contributed by atoms with Gasteiger partial charge in [0.25, 0.3) is 8.32 Å². The molecule has 148 valence electrons. The fourth-order valence-corrected chi connectivity index (χ4v) is 8.09. The van der Waals surface area contributed by atoms with Crippen LogP contribution in [0, 0.1) is 11.8 Å². The van der Waals surface area contributed by atoms with Gasteiger partial charge in [0.05, 0.1) is 7.11 Å². The maximum atomic E-state index is 11.0. The first-order valence-corrected chi connectivity index (χ1v) is 11.6. The SMILES string of the molecule is COC(=O)C#CCCCCO[Si](c1ccccc1)(c1ccccc1)C(C)(C)C. The summed E-state index contributed by atoms with van der Waals surface area (Å²) in [6, 6.07) is 21.3. The normalized spacial score (nSPS) is 11.4. The van der Waals surface area contributed by atoms with Crippen LogP contribution in [0.5, 0.6) is 0 Å². The first kappa shape index (κ1) is 21.9. The molecule has 0 saturated carbocycles. The highest BCUT2D eigenvalue weighted by molar-refractivity contribution is 6.99. The molecule has 0 amide bonds. The summed E-state index contributed by atoms with van der Waals surface area (Å²) in [5.41, 5.74) is 0. The van der Waals surface area contributed by atoms with Gasteiger partial charge in [-0.25, -0.2) is 4.79 Å². The molecule has 28 heavy (non-hydrogen) atoms. The van der Waals surface area contributed by atoms with Crippen molar-refractivity contribution in [3.63, 3.8) is 0 Å². The van der Waals surface area contributed by atoms with Gasteiger partial charge in [-0.1, -0.05) is 87.4 Å². The van der Waals surface area contributed by atoms with Crippen LogP contribution in [0.2, 0.25) is 5.04 Å². The first-order chi connectivity index (χ1) is 13.4. The summed E-state index contributed by atoms with van der Waals surface area (Å²) in [5, 5.41) is 2.57. The van der Waals surface area contributed by atoms with Crippen LogP contribution in [0.25, 0.3) is 0 Å². The van der Waals surface area contributed by atoms with Gasteiger partial charge in [-0.2, -0.15) is 0 Å². The Balaban J connectivity index is 2.20. The second-order valence-electron chi connectivity index (χ2n) is 7.76. The minimum absolute atomic E-state index is 0.0135. The predicted octanol–water partition coefficient (Wildman–Crippen LogP) is 3.91. The highest BCUT2D eigenvalue weighted by Crippen LogP contribution is 2.36. The van der Waals surface area contributed by atoms with Crippen molar-refractivity contribution in [2.24, 2.45) is 0 Å². The lowest BCUT2D eigenvalue weighted by atomic mass is 10.2. The molecule has 0 aliphatic heterocycles. The zero-order valence-corrected chi connectivity index (χ0v) is 18.3. The molecule has 0 fully saturated rings. The molecule has 0 bridgehead atoms. The first-order valence-electron chi connectivity index (χ1n) is 9.73. The van der Waals surface area contributed by atoms with Crippen molar-refractivity contribution in [1.82, 2.24) is 0 Å². The third-order valence-electron chi connectivity index (χ3n) is 4.81. The van der Waals surface area contributed by atoms with E-state index in [1.54, 1.807) is 0 Å². The van der Waals surface area contributed by atoms with Crippen molar-refractivity contribution in [3.8, 4) is 11.8 Å². The smallest absolute Gasteiger partial charge is 0.384 e. The predicted molar refractivity (Wildman–Crippen MR) is 117 cm³/mol. The number of hydrogen-bond donors (Lipinski definition) is 0. The minimum Gasteiger partial charge on any atom is -0.459 e. The lowest BCUT2D eigenvalue weighted by Crippen LogP contribution is -2.66. The molecule has 0 N–H and O–H groups in total. The van der Waals surface area contributed by atoms with E-state index in [0.29, 0.717) is 13.0 Å². The Bertz CT molecular complexity index is 759. The molecule has 0 saturated heterocycles. The topological polar surface area (TPSA) is 35.5 Å². The molecule has 0 heterocycles. The average Bonchev–Trinajstić information content (AvgIpc) is 2.70. The van der Waals surface area contributed by atoms with Crippen LogP contribution in [0.1, 0.15) is 40.0 Å². The van der Waals surface area contributed by atoms with E-state index in [1.807, 2.05) is 0 Å². The van der Waals surface area contributed by atoms with Crippen molar-refractivity contribution in [1.29, 1.82) is 0 Å². The summed E-state index contributed by atoms with van der Waals surface area (Å²) in [7, 11) is -1.11. The second kappa shape index (κ2) is 10.3. The van der Waals surface area contributed by atoms with E-state index < -0.39 is 14.3 Å². The van der Waals surface area contributed by atoms with E-state index in [1.165, 1.54) is 17.5 Å². The van der Waals surface area contributed by atoms with E-state index in [-0.39, 0.29) is 5.04 Å². The largest absolute Gasteiger partial charge is 0.459 e. The lowest BCUT2D eigenvalue weighted by molar-refractivity contribution is -0.133. The molecule has 0 atom stereocenters. The molecule has 2 aromatic rings. The molecule has 2 rings (SSSR count). The number of carbonyl (C=O) groups is 1. The molecule has 3 nitrogen and oxygen atoms in total. The number of hydrogen-bond acceptors (Lipinski definition) is 3. The molecular formula is C24H30O3Si. The third-order valence-corrected chi connectivity index (χ3v) is 9.85. The van der Waals surface area contributed by atoms with E-state index >= 15 is 0 Å². The highest BCUT2D eigenvalue weighted by atomic mass is 28.4. The Hall–Kier alpha value is -2.35. The van der Waals surface area contributed by atoms with Crippen LogP contribution in [-0.2, 0) is 14.0 Å². The van der Waals surface area contributed by atoms with Gasteiger partial charge in [0.1, 0.15) is 0 Å². The number of rotatable bonds is 7.